The molecule has 3 heterocycles. The molecule has 0 N–H and O–H groups in total. The minimum atomic E-state index is -0.184. The fraction of sp³-hybridized carbons (Fsp3) is 0.235. The van der Waals surface area contributed by atoms with E-state index in [1.165, 1.54) is 15.1 Å². The molecule has 116 valence electrons. The highest BCUT2D eigenvalue weighted by Gasteiger charge is 2.25. The summed E-state index contributed by atoms with van der Waals surface area (Å²) < 4.78 is 1.25. The predicted octanol–water partition coefficient (Wildman–Crippen LogP) is 2.19. The quantitative estimate of drug-likeness (QED) is 0.689. The maximum atomic E-state index is 13.0. The van der Waals surface area contributed by atoms with Crippen molar-refractivity contribution >= 4 is 28.0 Å². The van der Waals surface area contributed by atoms with Crippen molar-refractivity contribution in [3.05, 3.63) is 62.2 Å². The Labute approximate surface area is 136 Å². The smallest absolute Gasteiger partial charge is 0.275 e. The first kappa shape index (κ1) is 14.1. The molecule has 4 rings (SSSR count). The second-order valence-corrected chi connectivity index (χ2v) is 6.67. The van der Waals surface area contributed by atoms with Gasteiger partial charge in [0.2, 0.25) is 0 Å². The Morgan fingerprint density at radius 3 is 2.83 bits per heavy atom. The van der Waals surface area contributed by atoms with Gasteiger partial charge in [-0.05, 0) is 29.5 Å². The molecule has 2 aromatic heterocycles. The van der Waals surface area contributed by atoms with Gasteiger partial charge in [-0.15, -0.1) is 11.3 Å². The average Bonchev–Trinajstić information content (AvgIpc) is 3.05. The Morgan fingerprint density at radius 1 is 1.22 bits per heavy atom. The summed E-state index contributed by atoms with van der Waals surface area (Å²) >= 11 is 1.74. The third-order valence-electron chi connectivity index (χ3n) is 4.25. The van der Waals surface area contributed by atoms with Crippen LogP contribution in [0.15, 0.2) is 40.5 Å². The molecule has 0 aliphatic carbocycles. The molecule has 0 spiro atoms. The van der Waals surface area contributed by atoms with Crippen LogP contribution >= 0.6 is 11.3 Å². The Kier molecular flexibility index (Phi) is 3.27. The molecule has 23 heavy (non-hydrogen) atoms. The van der Waals surface area contributed by atoms with Crippen LogP contribution in [-0.2, 0) is 20.0 Å². The molecular formula is C17H15N3O2S. The minimum absolute atomic E-state index is 0.117. The summed E-state index contributed by atoms with van der Waals surface area (Å²) in [6, 6.07) is 9.23. The van der Waals surface area contributed by atoms with Crippen molar-refractivity contribution in [3.8, 4) is 0 Å². The minimum Gasteiger partial charge on any atom is -0.333 e. The van der Waals surface area contributed by atoms with Gasteiger partial charge in [-0.1, -0.05) is 18.2 Å². The SMILES string of the molecule is Cn1nc(C(=O)N2CCc3sccc3C2)c2ccccc2c1=O. The monoisotopic (exact) mass is 325 g/mol. The number of aryl methyl sites for hydroxylation is 1. The van der Waals surface area contributed by atoms with Crippen molar-refractivity contribution in [3.63, 3.8) is 0 Å². The molecular weight excluding hydrogens is 310 g/mol. The second kappa shape index (κ2) is 5.31. The molecule has 0 saturated heterocycles. The van der Waals surface area contributed by atoms with Crippen molar-refractivity contribution in [2.24, 2.45) is 7.05 Å². The number of carbonyl (C=O) groups excluding carboxylic acids is 1. The first-order chi connectivity index (χ1) is 11.1. The van der Waals surface area contributed by atoms with Crippen LogP contribution in [0.4, 0.5) is 0 Å². The molecule has 0 saturated carbocycles. The molecule has 5 nitrogen and oxygen atoms in total. The summed E-state index contributed by atoms with van der Waals surface area (Å²) in [5.74, 6) is -0.117. The largest absolute Gasteiger partial charge is 0.333 e. The summed E-state index contributed by atoms with van der Waals surface area (Å²) in [6.45, 7) is 1.29. The lowest BCUT2D eigenvalue weighted by Gasteiger charge is -2.27. The number of fused-ring (bicyclic) bond motifs is 2. The van der Waals surface area contributed by atoms with Crippen molar-refractivity contribution < 1.29 is 4.79 Å². The van der Waals surface area contributed by atoms with Crippen LogP contribution in [0, 0.1) is 0 Å². The molecule has 0 fully saturated rings. The lowest BCUT2D eigenvalue weighted by Crippen LogP contribution is -2.37. The Morgan fingerprint density at radius 2 is 2.00 bits per heavy atom. The lowest BCUT2D eigenvalue weighted by atomic mass is 10.1. The van der Waals surface area contributed by atoms with E-state index in [-0.39, 0.29) is 11.5 Å². The normalized spacial score (nSPS) is 14.0. The van der Waals surface area contributed by atoms with Gasteiger partial charge in [0.15, 0.2) is 5.69 Å². The highest BCUT2D eigenvalue weighted by molar-refractivity contribution is 7.10. The molecule has 0 unspecified atom stereocenters. The summed E-state index contributed by atoms with van der Waals surface area (Å²) in [5, 5.41) is 7.45. The average molecular weight is 325 g/mol. The standard InChI is InChI=1S/C17H15N3O2S/c1-19-16(21)13-5-3-2-4-12(13)15(18-19)17(22)20-8-6-14-11(10-20)7-9-23-14/h2-5,7,9H,6,8,10H2,1H3. The Bertz CT molecular complexity index is 973. The van der Waals surface area contributed by atoms with Crippen LogP contribution in [0.25, 0.3) is 10.8 Å². The van der Waals surface area contributed by atoms with Crippen LogP contribution in [0.3, 0.4) is 0 Å². The van der Waals surface area contributed by atoms with E-state index in [0.29, 0.717) is 29.6 Å². The van der Waals surface area contributed by atoms with Crippen molar-refractivity contribution in [2.45, 2.75) is 13.0 Å². The van der Waals surface area contributed by atoms with Crippen LogP contribution in [0.1, 0.15) is 20.9 Å². The van der Waals surface area contributed by atoms with E-state index >= 15 is 0 Å². The number of carbonyl (C=O) groups is 1. The molecule has 1 aliphatic heterocycles. The highest BCUT2D eigenvalue weighted by Crippen LogP contribution is 2.25. The number of hydrogen-bond acceptors (Lipinski definition) is 4. The van der Waals surface area contributed by atoms with Crippen molar-refractivity contribution in [2.75, 3.05) is 6.54 Å². The molecule has 3 aromatic rings. The molecule has 0 bridgehead atoms. The van der Waals surface area contributed by atoms with Gasteiger partial charge < -0.3 is 4.90 Å². The fourth-order valence-corrected chi connectivity index (χ4v) is 3.92. The first-order valence-electron chi connectivity index (χ1n) is 7.46. The van der Waals surface area contributed by atoms with Crippen LogP contribution in [0.2, 0.25) is 0 Å². The van der Waals surface area contributed by atoms with Crippen LogP contribution in [-0.4, -0.2) is 27.1 Å². The van der Waals surface area contributed by atoms with E-state index in [1.807, 2.05) is 11.0 Å². The number of benzene rings is 1. The zero-order valence-corrected chi connectivity index (χ0v) is 13.5. The highest BCUT2D eigenvalue weighted by atomic mass is 32.1. The van der Waals surface area contributed by atoms with Gasteiger partial charge in [0.25, 0.3) is 11.5 Å². The molecule has 6 heteroatoms. The summed E-state index contributed by atoms with van der Waals surface area (Å²) in [7, 11) is 1.58. The third-order valence-corrected chi connectivity index (χ3v) is 5.28. The number of nitrogens with zero attached hydrogens (tertiary/aromatic N) is 3. The third kappa shape index (κ3) is 2.26. The van der Waals surface area contributed by atoms with Crippen molar-refractivity contribution in [1.29, 1.82) is 0 Å². The lowest BCUT2D eigenvalue weighted by molar-refractivity contribution is 0.0729. The molecule has 0 radical (unpaired) electrons. The maximum Gasteiger partial charge on any atom is 0.275 e. The van der Waals surface area contributed by atoms with Crippen LogP contribution < -0.4 is 5.56 Å². The van der Waals surface area contributed by atoms with E-state index in [0.717, 1.165) is 6.42 Å². The van der Waals surface area contributed by atoms with Gasteiger partial charge in [-0.25, -0.2) is 4.68 Å². The van der Waals surface area contributed by atoms with E-state index in [1.54, 1.807) is 36.6 Å². The van der Waals surface area contributed by atoms with E-state index in [4.69, 9.17) is 0 Å². The van der Waals surface area contributed by atoms with Gasteiger partial charge >= 0.3 is 0 Å². The number of rotatable bonds is 1. The first-order valence-corrected chi connectivity index (χ1v) is 8.33. The van der Waals surface area contributed by atoms with Gasteiger partial charge in [0.05, 0.1) is 5.39 Å². The topological polar surface area (TPSA) is 55.2 Å². The summed E-state index contributed by atoms with van der Waals surface area (Å²) in [6.07, 6.45) is 0.877. The molecule has 1 aromatic carbocycles. The predicted molar refractivity (Wildman–Crippen MR) is 89.7 cm³/mol. The van der Waals surface area contributed by atoms with Gasteiger partial charge in [0.1, 0.15) is 0 Å². The number of aromatic nitrogens is 2. The zero-order valence-electron chi connectivity index (χ0n) is 12.7. The van der Waals surface area contributed by atoms with E-state index in [9.17, 15) is 9.59 Å². The zero-order chi connectivity index (χ0) is 16.0. The number of hydrogen-bond donors (Lipinski definition) is 0. The molecule has 1 amide bonds. The molecule has 1 aliphatic rings. The maximum absolute atomic E-state index is 13.0. The van der Waals surface area contributed by atoms with Crippen molar-refractivity contribution in [1.82, 2.24) is 14.7 Å². The summed E-state index contributed by atoms with van der Waals surface area (Å²) in [5.41, 5.74) is 1.38. The van der Waals surface area contributed by atoms with E-state index < -0.39 is 0 Å². The fourth-order valence-electron chi connectivity index (χ4n) is 3.03. The number of amides is 1. The van der Waals surface area contributed by atoms with E-state index in [2.05, 4.69) is 16.5 Å². The second-order valence-electron chi connectivity index (χ2n) is 5.67. The van der Waals surface area contributed by atoms with Crippen LogP contribution in [0.5, 0.6) is 0 Å². The van der Waals surface area contributed by atoms with Gasteiger partial charge in [-0.3, -0.25) is 9.59 Å². The Hall–Kier alpha value is -2.47. The number of thiophene rings is 1. The van der Waals surface area contributed by atoms with Gasteiger partial charge in [-0.2, -0.15) is 5.10 Å². The summed E-state index contributed by atoms with van der Waals surface area (Å²) in [4.78, 5) is 28.3. The molecule has 0 atom stereocenters. The Balaban J connectivity index is 1.79. The van der Waals surface area contributed by atoms with Gasteiger partial charge in [0, 0.05) is 30.4 Å².